The molecular formula is C32H23FIN3O4. The Morgan fingerprint density at radius 1 is 1.00 bits per heavy atom. The number of halogens is 2. The maximum absolute atomic E-state index is 13.6. The number of para-hydroxylation sites is 2. The lowest BCUT2D eigenvalue weighted by Crippen LogP contribution is -2.20. The molecule has 0 amide bonds. The third-order valence-corrected chi connectivity index (χ3v) is 7.15. The number of hydrogen-bond acceptors (Lipinski definition) is 6. The van der Waals surface area contributed by atoms with Crippen LogP contribution in [0.2, 0.25) is 0 Å². The molecule has 0 atom stereocenters. The molecule has 0 aliphatic heterocycles. The molecule has 4 aromatic carbocycles. The molecule has 0 bridgehead atoms. The van der Waals surface area contributed by atoms with Gasteiger partial charge in [-0.3, -0.25) is 4.79 Å². The molecule has 204 valence electrons. The molecule has 7 nitrogen and oxygen atoms in total. The Morgan fingerprint density at radius 3 is 2.59 bits per heavy atom. The molecule has 2 aromatic heterocycles. The van der Waals surface area contributed by atoms with E-state index in [0.29, 0.717) is 51.7 Å². The van der Waals surface area contributed by atoms with E-state index in [1.165, 1.54) is 16.8 Å². The summed E-state index contributed by atoms with van der Waals surface area (Å²) in [7, 11) is 0. The first kappa shape index (κ1) is 26.7. The summed E-state index contributed by atoms with van der Waals surface area (Å²) in [6.07, 6.45) is 1.58. The van der Waals surface area contributed by atoms with E-state index in [1.807, 2.05) is 49.4 Å². The molecule has 0 saturated carbocycles. The monoisotopic (exact) mass is 659 g/mol. The van der Waals surface area contributed by atoms with Gasteiger partial charge in [-0.1, -0.05) is 42.5 Å². The lowest BCUT2D eigenvalue weighted by atomic mass is 10.2. The van der Waals surface area contributed by atoms with Crippen molar-refractivity contribution in [1.29, 1.82) is 0 Å². The second-order valence-corrected chi connectivity index (χ2v) is 10.3. The summed E-state index contributed by atoms with van der Waals surface area (Å²) in [5, 5.41) is 5.91. The van der Waals surface area contributed by atoms with Crippen molar-refractivity contribution in [2.45, 2.75) is 13.5 Å². The molecule has 6 rings (SSSR count). The predicted octanol–water partition coefficient (Wildman–Crippen LogP) is 7.41. The number of benzene rings is 4. The average molecular weight is 659 g/mol. The SMILES string of the molecule is CCOc1cc(C=Nn2c(-c3cc4ccccc4o3)nc3ccccc3c2=O)cc(I)c1OCc1ccc(F)cc1. The summed E-state index contributed by atoms with van der Waals surface area (Å²) in [6.45, 7) is 2.56. The summed E-state index contributed by atoms with van der Waals surface area (Å²) in [5.74, 6) is 1.53. The smallest absolute Gasteiger partial charge is 0.282 e. The Hall–Kier alpha value is -4.51. The van der Waals surface area contributed by atoms with Gasteiger partial charge < -0.3 is 13.9 Å². The standard InChI is InChI=1S/C32H23FIN3O4/c1-2-39-28-16-21(15-25(34)30(28)40-19-20-11-13-23(33)14-12-20)18-35-37-31(29-17-22-7-3-6-10-27(22)41-29)36-26-9-5-4-8-24(26)32(37)38/h3-18H,2,19H2,1H3. The number of ether oxygens (including phenoxy) is 2. The van der Waals surface area contributed by atoms with Crippen LogP contribution in [0.25, 0.3) is 33.5 Å². The molecule has 0 radical (unpaired) electrons. The van der Waals surface area contributed by atoms with Crippen LogP contribution in [0.5, 0.6) is 11.5 Å². The first-order chi connectivity index (χ1) is 20.0. The summed E-state index contributed by atoms with van der Waals surface area (Å²) in [4.78, 5) is 18.3. The van der Waals surface area contributed by atoms with E-state index in [4.69, 9.17) is 18.9 Å². The van der Waals surface area contributed by atoms with Gasteiger partial charge in [-0.15, -0.1) is 0 Å². The largest absolute Gasteiger partial charge is 0.490 e. The second-order valence-electron chi connectivity index (χ2n) is 9.14. The predicted molar refractivity (Wildman–Crippen MR) is 165 cm³/mol. The molecular weight excluding hydrogens is 636 g/mol. The number of furan rings is 1. The van der Waals surface area contributed by atoms with Gasteiger partial charge in [0.05, 0.1) is 27.3 Å². The van der Waals surface area contributed by atoms with Gasteiger partial charge in [-0.25, -0.2) is 9.37 Å². The van der Waals surface area contributed by atoms with Gasteiger partial charge >= 0.3 is 0 Å². The third-order valence-electron chi connectivity index (χ3n) is 6.35. The molecule has 0 saturated heterocycles. The van der Waals surface area contributed by atoms with Crippen molar-refractivity contribution in [1.82, 2.24) is 9.66 Å². The Labute approximate surface area is 248 Å². The van der Waals surface area contributed by atoms with Gasteiger partial charge in [-0.05, 0) is 89.2 Å². The van der Waals surface area contributed by atoms with Crippen molar-refractivity contribution in [3.8, 4) is 23.1 Å². The summed E-state index contributed by atoms with van der Waals surface area (Å²) in [5.41, 5.74) is 2.45. The molecule has 0 aliphatic rings. The molecule has 0 N–H and O–H groups in total. The molecule has 0 aliphatic carbocycles. The first-order valence-electron chi connectivity index (χ1n) is 12.9. The first-order valence-corrected chi connectivity index (χ1v) is 14.0. The van der Waals surface area contributed by atoms with Gasteiger partial charge in [0.15, 0.2) is 17.3 Å². The van der Waals surface area contributed by atoms with Crippen LogP contribution in [-0.2, 0) is 6.61 Å². The molecule has 2 heterocycles. The van der Waals surface area contributed by atoms with E-state index in [-0.39, 0.29) is 18.0 Å². The van der Waals surface area contributed by atoms with Crippen LogP contribution in [0.3, 0.4) is 0 Å². The van der Waals surface area contributed by atoms with Crippen LogP contribution >= 0.6 is 22.6 Å². The van der Waals surface area contributed by atoms with E-state index in [2.05, 4.69) is 27.7 Å². The van der Waals surface area contributed by atoms with Crippen molar-refractivity contribution < 1.29 is 18.3 Å². The molecule has 9 heteroatoms. The molecule has 0 fully saturated rings. The van der Waals surface area contributed by atoms with E-state index >= 15 is 0 Å². The fraction of sp³-hybridized carbons (Fsp3) is 0.0938. The van der Waals surface area contributed by atoms with Gasteiger partial charge in [0, 0.05) is 5.39 Å². The van der Waals surface area contributed by atoms with E-state index < -0.39 is 0 Å². The fourth-order valence-electron chi connectivity index (χ4n) is 4.41. The van der Waals surface area contributed by atoms with Crippen molar-refractivity contribution in [2.24, 2.45) is 5.10 Å². The maximum atomic E-state index is 13.6. The Bertz CT molecular complexity index is 1930. The molecule has 0 unspecified atom stereocenters. The van der Waals surface area contributed by atoms with Crippen LogP contribution in [0.15, 0.2) is 105 Å². The van der Waals surface area contributed by atoms with Crippen LogP contribution in [0, 0.1) is 9.39 Å². The molecule has 0 spiro atoms. The number of hydrogen-bond donors (Lipinski definition) is 0. The second kappa shape index (κ2) is 11.5. The number of nitrogens with zero attached hydrogens (tertiary/aromatic N) is 3. The van der Waals surface area contributed by atoms with E-state index in [9.17, 15) is 9.18 Å². The minimum absolute atomic E-state index is 0.253. The van der Waals surface area contributed by atoms with E-state index in [1.54, 1.807) is 42.6 Å². The normalized spacial score (nSPS) is 11.5. The van der Waals surface area contributed by atoms with Crippen molar-refractivity contribution in [3.63, 3.8) is 0 Å². The fourth-order valence-corrected chi connectivity index (χ4v) is 5.19. The van der Waals surface area contributed by atoms with Gasteiger partial charge in [0.1, 0.15) is 18.0 Å². The highest BCUT2D eigenvalue weighted by Gasteiger charge is 2.17. The zero-order valence-electron chi connectivity index (χ0n) is 21.9. The van der Waals surface area contributed by atoms with Crippen molar-refractivity contribution >= 4 is 50.7 Å². The van der Waals surface area contributed by atoms with Crippen LogP contribution < -0.4 is 15.0 Å². The summed E-state index contributed by atoms with van der Waals surface area (Å²) >= 11 is 2.17. The van der Waals surface area contributed by atoms with Crippen LogP contribution in [0.1, 0.15) is 18.1 Å². The highest BCUT2D eigenvalue weighted by atomic mass is 127. The lowest BCUT2D eigenvalue weighted by Gasteiger charge is -2.15. The van der Waals surface area contributed by atoms with Crippen molar-refractivity contribution in [2.75, 3.05) is 6.61 Å². The van der Waals surface area contributed by atoms with E-state index in [0.717, 1.165) is 14.5 Å². The Balaban J connectivity index is 1.39. The quantitative estimate of drug-likeness (QED) is 0.126. The third kappa shape index (κ3) is 5.58. The molecule has 41 heavy (non-hydrogen) atoms. The zero-order valence-corrected chi connectivity index (χ0v) is 24.0. The van der Waals surface area contributed by atoms with Gasteiger partial charge in [0.25, 0.3) is 5.56 Å². The lowest BCUT2D eigenvalue weighted by molar-refractivity contribution is 0.267. The summed E-state index contributed by atoms with van der Waals surface area (Å²) < 4.78 is 33.3. The topological polar surface area (TPSA) is 78.9 Å². The minimum atomic E-state index is -0.318. The number of aromatic nitrogens is 2. The highest BCUT2D eigenvalue weighted by Crippen LogP contribution is 2.35. The maximum Gasteiger partial charge on any atom is 0.282 e. The minimum Gasteiger partial charge on any atom is -0.490 e. The van der Waals surface area contributed by atoms with Gasteiger partial charge in [-0.2, -0.15) is 9.78 Å². The van der Waals surface area contributed by atoms with Gasteiger partial charge in [0.2, 0.25) is 5.82 Å². The molecule has 6 aromatic rings. The van der Waals surface area contributed by atoms with Crippen LogP contribution in [-0.4, -0.2) is 22.5 Å². The Morgan fingerprint density at radius 2 is 1.78 bits per heavy atom. The Kier molecular flexibility index (Phi) is 7.51. The zero-order chi connectivity index (χ0) is 28.3. The highest BCUT2D eigenvalue weighted by molar-refractivity contribution is 14.1. The van der Waals surface area contributed by atoms with Crippen molar-refractivity contribution in [3.05, 3.63) is 122 Å². The van der Waals surface area contributed by atoms with Crippen LogP contribution in [0.4, 0.5) is 4.39 Å². The average Bonchev–Trinajstić information content (AvgIpc) is 3.42. The number of fused-ring (bicyclic) bond motifs is 2. The summed E-state index contributed by atoms with van der Waals surface area (Å²) in [6, 6.07) is 26.4. The number of rotatable bonds is 8.